The first-order chi connectivity index (χ1) is 9.52. The summed E-state index contributed by atoms with van der Waals surface area (Å²) in [6.07, 6.45) is 1.44. The Morgan fingerprint density at radius 2 is 1.85 bits per heavy atom. The highest BCUT2D eigenvalue weighted by atomic mass is 19.1. The maximum Gasteiger partial charge on any atom is 0.237 e. The standard InChI is InChI=1S/C15H13FN2O2/c1-8-4-11-12(5-8)15(20)18(14(11)19)10-2-3-13(16)9(6-10)7-17/h2-3,6,8,11-12H,4-5H2,1H3. The second-order valence-electron chi connectivity index (χ2n) is 5.58. The van der Waals surface area contributed by atoms with E-state index in [9.17, 15) is 14.0 Å². The van der Waals surface area contributed by atoms with E-state index in [1.807, 2.05) is 6.92 Å². The van der Waals surface area contributed by atoms with E-state index < -0.39 is 5.82 Å². The Morgan fingerprint density at radius 3 is 2.40 bits per heavy atom. The zero-order valence-corrected chi connectivity index (χ0v) is 11.0. The predicted octanol–water partition coefficient (Wildman–Crippen LogP) is 2.23. The van der Waals surface area contributed by atoms with Gasteiger partial charge in [0, 0.05) is 0 Å². The van der Waals surface area contributed by atoms with Crippen LogP contribution in [0.2, 0.25) is 0 Å². The van der Waals surface area contributed by atoms with Gasteiger partial charge in [-0.2, -0.15) is 5.26 Å². The zero-order valence-electron chi connectivity index (χ0n) is 11.0. The van der Waals surface area contributed by atoms with Crippen LogP contribution in [0.4, 0.5) is 10.1 Å². The molecule has 1 heterocycles. The molecule has 2 aliphatic rings. The molecule has 20 heavy (non-hydrogen) atoms. The number of nitrogens with zero attached hydrogens (tertiary/aromatic N) is 2. The van der Waals surface area contributed by atoms with E-state index in [1.165, 1.54) is 12.1 Å². The molecule has 0 spiro atoms. The van der Waals surface area contributed by atoms with E-state index in [0.717, 1.165) is 23.8 Å². The first-order valence-electron chi connectivity index (χ1n) is 6.60. The minimum Gasteiger partial charge on any atom is -0.274 e. The Hall–Kier alpha value is -2.22. The van der Waals surface area contributed by atoms with Gasteiger partial charge < -0.3 is 0 Å². The van der Waals surface area contributed by atoms with E-state index in [1.54, 1.807) is 6.07 Å². The molecule has 2 atom stereocenters. The monoisotopic (exact) mass is 272 g/mol. The van der Waals surface area contributed by atoms with Crippen LogP contribution in [-0.4, -0.2) is 11.8 Å². The van der Waals surface area contributed by atoms with Crippen molar-refractivity contribution in [3.05, 3.63) is 29.6 Å². The lowest BCUT2D eigenvalue weighted by Gasteiger charge is -2.17. The largest absolute Gasteiger partial charge is 0.274 e. The minimum atomic E-state index is -0.649. The molecule has 2 unspecified atom stereocenters. The Balaban J connectivity index is 1.98. The molecule has 0 aromatic heterocycles. The topological polar surface area (TPSA) is 61.2 Å². The molecule has 1 aliphatic heterocycles. The average Bonchev–Trinajstić information content (AvgIpc) is 2.91. The molecule has 2 amide bonds. The molecule has 1 saturated carbocycles. The van der Waals surface area contributed by atoms with Crippen molar-refractivity contribution >= 4 is 17.5 Å². The lowest BCUT2D eigenvalue weighted by molar-refractivity contribution is -0.123. The molecule has 1 aromatic rings. The molecule has 4 nitrogen and oxygen atoms in total. The fourth-order valence-electron chi connectivity index (χ4n) is 3.27. The molecule has 0 radical (unpaired) electrons. The number of hydrogen-bond acceptors (Lipinski definition) is 3. The number of rotatable bonds is 1. The van der Waals surface area contributed by atoms with Crippen molar-refractivity contribution in [2.24, 2.45) is 17.8 Å². The smallest absolute Gasteiger partial charge is 0.237 e. The van der Waals surface area contributed by atoms with E-state index in [-0.39, 0.29) is 29.2 Å². The van der Waals surface area contributed by atoms with Crippen LogP contribution in [0.3, 0.4) is 0 Å². The van der Waals surface area contributed by atoms with Crippen molar-refractivity contribution in [2.75, 3.05) is 4.90 Å². The maximum atomic E-state index is 13.3. The molecule has 0 N–H and O–H groups in total. The van der Waals surface area contributed by atoms with Gasteiger partial charge in [-0.1, -0.05) is 6.92 Å². The predicted molar refractivity (Wildman–Crippen MR) is 69.0 cm³/mol. The van der Waals surface area contributed by atoms with Crippen molar-refractivity contribution in [1.29, 1.82) is 5.26 Å². The minimum absolute atomic E-state index is 0.159. The van der Waals surface area contributed by atoms with Crippen molar-refractivity contribution in [3.8, 4) is 6.07 Å². The van der Waals surface area contributed by atoms with Crippen molar-refractivity contribution in [2.45, 2.75) is 19.8 Å². The Bertz CT molecular complexity index is 626. The highest BCUT2D eigenvalue weighted by Crippen LogP contribution is 2.44. The van der Waals surface area contributed by atoms with Gasteiger partial charge in [0.05, 0.1) is 23.1 Å². The van der Waals surface area contributed by atoms with Crippen LogP contribution in [0.1, 0.15) is 25.3 Å². The third kappa shape index (κ3) is 1.72. The molecule has 2 fully saturated rings. The third-order valence-corrected chi connectivity index (χ3v) is 4.20. The molecule has 1 aromatic carbocycles. The van der Waals surface area contributed by atoms with Crippen LogP contribution in [0, 0.1) is 34.9 Å². The number of nitriles is 1. The van der Waals surface area contributed by atoms with Gasteiger partial charge in [0.15, 0.2) is 0 Å². The Morgan fingerprint density at radius 1 is 1.25 bits per heavy atom. The van der Waals surface area contributed by atoms with Gasteiger partial charge in [0.1, 0.15) is 11.9 Å². The lowest BCUT2D eigenvalue weighted by Crippen LogP contribution is -2.32. The summed E-state index contributed by atoms with van der Waals surface area (Å²) < 4.78 is 13.3. The van der Waals surface area contributed by atoms with Gasteiger partial charge in [0.2, 0.25) is 11.8 Å². The summed E-state index contributed by atoms with van der Waals surface area (Å²) in [6.45, 7) is 2.04. The Labute approximate surface area is 115 Å². The fraction of sp³-hybridized carbons (Fsp3) is 0.400. The van der Waals surface area contributed by atoms with Crippen LogP contribution < -0.4 is 4.90 Å². The quantitative estimate of drug-likeness (QED) is 0.736. The number of anilines is 1. The van der Waals surface area contributed by atoms with E-state index in [0.29, 0.717) is 11.6 Å². The molecule has 1 aliphatic carbocycles. The van der Waals surface area contributed by atoms with Crippen LogP contribution >= 0.6 is 0 Å². The number of carbonyl (C=O) groups excluding carboxylic acids is 2. The summed E-state index contributed by atoms with van der Waals surface area (Å²) in [5, 5.41) is 8.84. The molecule has 0 bridgehead atoms. The third-order valence-electron chi connectivity index (χ3n) is 4.20. The average molecular weight is 272 g/mol. The number of halogens is 1. The van der Waals surface area contributed by atoms with Crippen molar-refractivity contribution < 1.29 is 14.0 Å². The number of imide groups is 1. The first-order valence-corrected chi connectivity index (χ1v) is 6.60. The fourth-order valence-corrected chi connectivity index (χ4v) is 3.27. The second-order valence-corrected chi connectivity index (χ2v) is 5.58. The van der Waals surface area contributed by atoms with E-state index in [2.05, 4.69) is 0 Å². The van der Waals surface area contributed by atoms with Crippen LogP contribution in [-0.2, 0) is 9.59 Å². The van der Waals surface area contributed by atoms with Gasteiger partial charge in [-0.3, -0.25) is 14.5 Å². The number of hydrogen-bond donors (Lipinski definition) is 0. The van der Waals surface area contributed by atoms with Gasteiger partial charge in [-0.25, -0.2) is 4.39 Å². The van der Waals surface area contributed by atoms with Crippen LogP contribution in [0.15, 0.2) is 18.2 Å². The first kappa shape index (κ1) is 12.8. The summed E-state index contributed by atoms with van der Waals surface area (Å²) in [5.41, 5.74) is 0.133. The summed E-state index contributed by atoms with van der Waals surface area (Å²) in [5.74, 6) is -1.23. The van der Waals surface area contributed by atoms with E-state index >= 15 is 0 Å². The molecular weight excluding hydrogens is 259 g/mol. The van der Waals surface area contributed by atoms with Crippen LogP contribution in [0.5, 0.6) is 0 Å². The number of benzene rings is 1. The summed E-state index contributed by atoms with van der Waals surface area (Å²) in [7, 11) is 0. The molecular formula is C15H13FN2O2. The van der Waals surface area contributed by atoms with Gasteiger partial charge in [0.25, 0.3) is 0 Å². The zero-order chi connectivity index (χ0) is 14.4. The molecule has 1 saturated heterocycles. The molecule has 102 valence electrons. The molecule has 3 rings (SSSR count). The number of fused-ring (bicyclic) bond motifs is 1. The highest BCUT2D eigenvalue weighted by Gasteiger charge is 2.52. The number of carbonyl (C=O) groups is 2. The number of amides is 2. The van der Waals surface area contributed by atoms with Crippen LogP contribution in [0.25, 0.3) is 0 Å². The van der Waals surface area contributed by atoms with Gasteiger partial charge >= 0.3 is 0 Å². The SMILES string of the molecule is CC1CC2C(=O)N(c3ccc(F)c(C#N)c3)C(=O)C2C1. The summed E-state index contributed by atoms with van der Waals surface area (Å²) >= 11 is 0. The van der Waals surface area contributed by atoms with E-state index in [4.69, 9.17) is 5.26 Å². The van der Waals surface area contributed by atoms with Gasteiger partial charge in [-0.05, 0) is 37.0 Å². The van der Waals surface area contributed by atoms with Crippen molar-refractivity contribution in [3.63, 3.8) is 0 Å². The Kier molecular flexibility index (Phi) is 2.82. The normalized spacial score (nSPS) is 28.6. The maximum absolute atomic E-state index is 13.3. The van der Waals surface area contributed by atoms with Crippen molar-refractivity contribution in [1.82, 2.24) is 0 Å². The second kappa shape index (κ2) is 4.41. The summed E-state index contributed by atoms with van der Waals surface area (Å²) in [6, 6.07) is 5.47. The molecule has 5 heteroatoms. The lowest BCUT2D eigenvalue weighted by atomic mass is 10.00. The van der Waals surface area contributed by atoms with Gasteiger partial charge in [-0.15, -0.1) is 0 Å². The summed E-state index contributed by atoms with van der Waals surface area (Å²) in [4.78, 5) is 25.8. The highest BCUT2D eigenvalue weighted by molar-refractivity contribution is 6.22.